The first kappa shape index (κ1) is 92.5. The first-order chi connectivity index (χ1) is 46.2. The van der Waals surface area contributed by atoms with Crippen LogP contribution in [0.15, 0.2) is 24.3 Å². The van der Waals surface area contributed by atoms with Gasteiger partial charge in [-0.3, -0.25) is 37.3 Å². The van der Waals surface area contributed by atoms with Crippen molar-refractivity contribution in [3.8, 4) is 0 Å². The predicted octanol–water partition coefficient (Wildman–Crippen LogP) is 22.2. The summed E-state index contributed by atoms with van der Waals surface area (Å²) in [7, 11) is -9.92. The lowest BCUT2D eigenvalue weighted by Crippen LogP contribution is -2.30. The average Bonchev–Trinajstić information content (AvgIpc) is 2.08. The van der Waals surface area contributed by atoms with Crippen LogP contribution in [0.2, 0.25) is 0 Å². The summed E-state index contributed by atoms with van der Waals surface area (Å²) in [5.41, 5.74) is 0. The maximum Gasteiger partial charge on any atom is 0.472 e. The number of phosphoric ester groups is 2. The Bertz CT molecular complexity index is 1900. The topological polar surface area (TPSA) is 237 Å². The SMILES string of the molecule is CCCCCC/C=C\C=C/CCCCCCCC(=O)OC[C@H](COP(=O)(O)OC[C@@H](O)COP(=O)(O)OC[C@@H](COC(=O)CCCCCCCCCCCC)OC(=O)CCCCCCCCCCCCCC)OC(=O)CCCCCCCCCCCCCCCCCCCC. The number of carbonyl (C=O) groups is 4. The highest BCUT2D eigenvalue weighted by Crippen LogP contribution is 2.45. The monoisotopic (exact) mass is 1390 g/mol. The molecule has 0 rings (SSSR count). The smallest absolute Gasteiger partial charge is 0.462 e. The van der Waals surface area contributed by atoms with Crippen LogP contribution in [0.3, 0.4) is 0 Å². The van der Waals surface area contributed by atoms with Crippen LogP contribution in [0.4, 0.5) is 0 Å². The number of hydrogen-bond donors (Lipinski definition) is 3. The Morgan fingerprint density at radius 3 is 0.768 bits per heavy atom. The van der Waals surface area contributed by atoms with Gasteiger partial charge in [0, 0.05) is 25.7 Å². The minimum absolute atomic E-state index is 0.102. The molecular weight excluding hydrogens is 1250 g/mol. The molecular formula is C76H144O17P2. The van der Waals surface area contributed by atoms with Gasteiger partial charge in [0.05, 0.1) is 26.4 Å². The van der Waals surface area contributed by atoms with Gasteiger partial charge in [-0.2, -0.15) is 0 Å². The number of unbranched alkanes of at least 4 members (excludes halogenated alkanes) is 46. The second-order valence-electron chi connectivity index (χ2n) is 26.7. The lowest BCUT2D eigenvalue weighted by atomic mass is 10.0. The number of aliphatic hydroxyl groups is 1. The Hall–Kier alpha value is -2.46. The van der Waals surface area contributed by atoms with E-state index in [0.717, 1.165) is 109 Å². The molecule has 0 aliphatic rings. The number of hydrogen-bond acceptors (Lipinski definition) is 15. The standard InChI is InChI=1S/C76H144O17P2/c1-5-9-13-17-21-25-29-32-34-35-36-38-40-43-47-51-55-59-63-76(81)93-72(67-87-74(79)61-57-53-49-45-42-39-37-33-30-26-22-18-14-10-6-2)69-91-95(84,85)89-65-70(77)64-88-94(82,83)90-68-71(66-86-73(78)60-56-52-48-44-28-24-20-16-12-8-4)92-75(80)62-58-54-50-46-41-31-27-23-19-15-11-7-3/h26,30,33,37,70-72,77H,5-25,27-29,31-32,34-36,38-69H2,1-4H3,(H,82,83)(H,84,85)/b30-26-,37-33-/t70-,71+,72+/m0/s1. The van der Waals surface area contributed by atoms with Crippen LogP contribution in [0.1, 0.15) is 381 Å². The van der Waals surface area contributed by atoms with Crippen LogP contribution in [0, 0.1) is 0 Å². The summed E-state index contributed by atoms with van der Waals surface area (Å²) >= 11 is 0. The number of ether oxygens (including phenoxy) is 4. The molecule has 0 saturated carbocycles. The number of esters is 4. The molecule has 5 atom stereocenters. The predicted molar refractivity (Wildman–Crippen MR) is 386 cm³/mol. The zero-order valence-electron chi connectivity index (χ0n) is 61.1. The van der Waals surface area contributed by atoms with E-state index in [1.54, 1.807) is 0 Å². The molecule has 0 aromatic carbocycles. The van der Waals surface area contributed by atoms with Gasteiger partial charge in [0.15, 0.2) is 12.2 Å². The van der Waals surface area contributed by atoms with Gasteiger partial charge < -0.3 is 33.8 Å². The summed E-state index contributed by atoms with van der Waals surface area (Å²) in [6.07, 6.45) is 63.1. The van der Waals surface area contributed by atoms with E-state index < -0.39 is 97.5 Å². The van der Waals surface area contributed by atoms with Crippen molar-refractivity contribution in [3.05, 3.63) is 24.3 Å². The lowest BCUT2D eigenvalue weighted by Gasteiger charge is -2.21. The lowest BCUT2D eigenvalue weighted by molar-refractivity contribution is -0.161. The van der Waals surface area contributed by atoms with E-state index in [1.807, 2.05) is 0 Å². The second-order valence-corrected chi connectivity index (χ2v) is 29.6. The van der Waals surface area contributed by atoms with Crippen molar-refractivity contribution in [1.29, 1.82) is 0 Å². The summed E-state index contributed by atoms with van der Waals surface area (Å²) in [5, 5.41) is 10.6. The Kier molecular flexibility index (Phi) is 68.2. The van der Waals surface area contributed by atoms with E-state index in [2.05, 4.69) is 52.0 Å². The van der Waals surface area contributed by atoms with Gasteiger partial charge in [-0.05, 0) is 51.4 Å². The first-order valence-corrected chi connectivity index (χ1v) is 42.1. The minimum Gasteiger partial charge on any atom is -0.462 e. The summed E-state index contributed by atoms with van der Waals surface area (Å²) in [5.74, 6) is -2.14. The van der Waals surface area contributed by atoms with Crippen LogP contribution < -0.4 is 0 Å². The third-order valence-corrected chi connectivity index (χ3v) is 19.1. The van der Waals surface area contributed by atoms with E-state index in [4.69, 9.17) is 37.0 Å². The zero-order chi connectivity index (χ0) is 69.7. The van der Waals surface area contributed by atoms with Gasteiger partial charge in [-0.15, -0.1) is 0 Å². The number of phosphoric acid groups is 2. The van der Waals surface area contributed by atoms with Crippen molar-refractivity contribution in [1.82, 2.24) is 0 Å². The molecule has 17 nitrogen and oxygen atoms in total. The summed E-state index contributed by atoms with van der Waals surface area (Å²) in [4.78, 5) is 72.7. The van der Waals surface area contributed by atoms with E-state index in [-0.39, 0.29) is 25.7 Å². The molecule has 0 saturated heterocycles. The highest BCUT2D eigenvalue weighted by Gasteiger charge is 2.30. The highest BCUT2D eigenvalue weighted by molar-refractivity contribution is 7.47. The molecule has 19 heteroatoms. The molecule has 0 heterocycles. The maximum atomic E-state index is 13.1. The van der Waals surface area contributed by atoms with Crippen LogP contribution in [0.5, 0.6) is 0 Å². The Balaban J connectivity index is 5.26. The van der Waals surface area contributed by atoms with Crippen molar-refractivity contribution in [2.75, 3.05) is 39.6 Å². The van der Waals surface area contributed by atoms with Gasteiger partial charge in [-0.25, -0.2) is 9.13 Å². The van der Waals surface area contributed by atoms with Gasteiger partial charge in [0.1, 0.15) is 19.3 Å². The molecule has 3 N–H and O–H groups in total. The fourth-order valence-electron chi connectivity index (χ4n) is 11.2. The first-order valence-electron chi connectivity index (χ1n) is 39.1. The summed E-state index contributed by atoms with van der Waals surface area (Å²) in [6, 6.07) is 0. The molecule has 560 valence electrons. The van der Waals surface area contributed by atoms with Crippen molar-refractivity contribution in [3.63, 3.8) is 0 Å². The molecule has 0 fully saturated rings. The van der Waals surface area contributed by atoms with Crippen molar-refractivity contribution in [2.45, 2.75) is 399 Å². The molecule has 0 radical (unpaired) electrons. The highest BCUT2D eigenvalue weighted by atomic mass is 31.2. The van der Waals surface area contributed by atoms with Crippen molar-refractivity contribution >= 4 is 39.5 Å². The Morgan fingerprint density at radius 2 is 0.505 bits per heavy atom. The number of aliphatic hydroxyl groups excluding tert-OH is 1. The van der Waals surface area contributed by atoms with Crippen LogP contribution in [-0.4, -0.2) is 96.7 Å². The minimum atomic E-state index is -4.96. The summed E-state index contributed by atoms with van der Waals surface area (Å²) < 4.78 is 68.5. The Labute approximate surface area is 580 Å². The maximum absolute atomic E-state index is 13.1. The molecule has 0 amide bonds. The molecule has 0 aromatic rings. The molecule has 0 bridgehead atoms. The molecule has 0 aromatic heterocycles. The zero-order valence-corrected chi connectivity index (χ0v) is 62.9. The van der Waals surface area contributed by atoms with E-state index in [0.29, 0.717) is 25.7 Å². The van der Waals surface area contributed by atoms with Gasteiger partial charge >= 0.3 is 39.5 Å². The average molecular weight is 1390 g/mol. The second kappa shape index (κ2) is 70.0. The number of carbonyl (C=O) groups excluding carboxylic acids is 4. The molecule has 95 heavy (non-hydrogen) atoms. The van der Waals surface area contributed by atoms with E-state index in [9.17, 15) is 43.2 Å². The third kappa shape index (κ3) is 69.8. The molecule has 2 unspecified atom stereocenters. The fourth-order valence-corrected chi connectivity index (χ4v) is 12.8. The van der Waals surface area contributed by atoms with Crippen LogP contribution >= 0.6 is 15.6 Å². The van der Waals surface area contributed by atoms with Gasteiger partial charge in [-0.1, -0.05) is 328 Å². The molecule has 0 spiro atoms. The third-order valence-electron chi connectivity index (χ3n) is 17.2. The number of rotatable bonds is 75. The number of allylic oxidation sites excluding steroid dienone is 4. The van der Waals surface area contributed by atoms with Crippen molar-refractivity contribution < 1.29 is 80.2 Å². The van der Waals surface area contributed by atoms with E-state index in [1.165, 1.54) is 193 Å². The Morgan fingerprint density at radius 1 is 0.295 bits per heavy atom. The van der Waals surface area contributed by atoms with E-state index >= 15 is 0 Å². The molecule has 0 aliphatic carbocycles. The van der Waals surface area contributed by atoms with Crippen molar-refractivity contribution in [2.24, 2.45) is 0 Å². The normalized spacial score (nSPS) is 14.1. The van der Waals surface area contributed by atoms with Gasteiger partial charge in [0.25, 0.3) is 0 Å². The van der Waals surface area contributed by atoms with Crippen LogP contribution in [-0.2, 0) is 65.4 Å². The largest absolute Gasteiger partial charge is 0.472 e. The fraction of sp³-hybridized carbons (Fsp3) is 0.895. The van der Waals surface area contributed by atoms with Crippen LogP contribution in [0.25, 0.3) is 0 Å². The quantitative estimate of drug-likeness (QED) is 0.0169. The van der Waals surface area contributed by atoms with Gasteiger partial charge in [0.2, 0.25) is 0 Å². The molecule has 0 aliphatic heterocycles. The summed E-state index contributed by atoms with van der Waals surface area (Å²) in [6.45, 7) is 4.92.